The van der Waals surface area contributed by atoms with Gasteiger partial charge < -0.3 is 20.7 Å². The Hall–Kier alpha value is -2.68. The number of urea groups is 1. The van der Waals surface area contributed by atoms with Crippen molar-refractivity contribution in [2.45, 2.75) is 44.7 Å². The van der Waals surface area contributed by atoms with Crippen LogP contribution in [0.3, 0.4) is 0 Å². The van der Waals surface area contributed by atoms with Gasteiger partial charge in [-0.15, -0.1) is 10.2 Å². The second kappa shape index (κ2) is 9.31. The molecule has 0 bridgehead atoms. The van der Waals surface area contributed by atoms with Gasteiger partial charge in [0, 0.05) is 11.7 Å². The number of carbonyl (C=O) groups excluding carboxylic acids is 2. The summed E-state index contributed by atoms with van der Waals surface area (Å²) in [6.07, 6.45) is 5.62. The van der Waals surface area contributed by atoms with E-state index in [1.54, 1.807) is 31.4 Å². The Labute approximate surface area is 161 Å². The molecule has 1 aliphatic carbocycles. The lowest BCUT2D eigenvalue weighted by molar-refractivity contribution is 0.102. The molecule has 1 saturated carbocycles. The van der Waals surface area contributed by atoms with E-state index in [0.29, 0.717) is 16.4 Å². The summed E-state index contributed by atoms with van der Waals surface area (Å²) in [7, 11) is 1.58. The zero-order valence-corrected chi connectivity index (χ0v) is 16.0. The number of carbonyl (C=O) groups is 2. The van der Waals surface area contributed by atoms with Gasteiger partial charge in [0.25, 0.3) is 5.91 Å². The summed E-state index contributed by atoms with van der Waals surface area (Å²) >= 11 is 1.15. The summed E-state index contributed by atoms with van der Waals surface area (Å²) in [5, 5.41) is 17.2. The number of benzene rings is 1. The molecule has 0 radical (unpaired) electrons. The number of amides is 3. The van der Waals surface area contributed by atoms with Crippen molar-refractivity contribution >= 4 is 29.0 Å². The van der Waals surface area contributed by atoms with E-state index in [2.05, 4.69) is 26.1 Å². The minimum absolute atomic E-state index is 0.207. The maximum atomic E-state index is 12.2. The highest BCUT2D eigenvalue weighted by atomic mass is 32.1. The van der Waals surface area contributed by atoms with E-state index in [9.17, 15) is 9.59 Å². The quantitative estimate of drug-likeness (QED) is 0.704. The lowest BCUT2D eigenvalue weighted by Gasteiger charge is -2.22. The summed E-state index contributed by atoms with van der Waals surface area (Å²) in [5.74, 6) is 0.374. The zero-order chi connectivity index (χ0) is 19.1. The molecule has 3 N–H and O–H groups in total. The number of anilines is 1. The molecule has 1 aromatic heterocycles. The predicted octanol–water partition coefficient (Wildman–Crippen LogP) is 2.93. The molecule has 0 atom stereocenters. The summed E-state index contributed by atoms with van der Waals surface area (Å²) in [6.45, 7) is 0.242. The van der Waals surface area contributed by atoms with Gasteiger partial charge in [0.05, 0.1) is 13.7 Å². The summed E-state index contributed by atoms with van der Waals surface area (Å²) in [5.41, 5.74) is 0.641. The normalized spacial score (nSPS) is 14.4. The number of nitrogens with zero attached hydrogens (tertiary/aromatic N) is 2. The van der Waals surface area contributed by atoms with E-state index in [4.69, 9.17) is 4.74 Å². The van der Waals surface area contributed by atoms with Crippen molar-refractivity contribution in [1.82, 2.24) is 20.8 Å². The summed E-state index contributed by atoms with van der Waals surface area (Å²) in [4.78, 5) is 24.2. The molecule has 9 heteroatoms. The van der Waals surface area contributed by atoms with Crippen LogP contribution in [0.1, 0.15) is 46.9 Å². The van der Waals surface area contributed by atoms with E-state index in [0.717, 1.165) is 37.0 Å². The Bertz CT molecular complexity index is 772. The Balaban J connectivity index is 1.46. The van der Waals surface area contributed by atoms with E-state index < -0.39 is 0 Å². The van der Waals surface area contributed by atoms with Crippen LogP contribution in [0, 0.1) is 0 Å². The Morgan fingerprint density at radius 3 is 2.59 bits per heavy atom. The largest absolute Gasteiger partial charge is 0.497 e. The molecule has 27 heavy (non-hydrogen) atoms. The van der Waals surface area contributed by atoms with E-state index in [-0.39, 0.29) is 29.5 Å². The van der Waals surface area contributed by atoms with Gasteiger partial charge in [-0.3, -0.25) is 4.79 Å². The van der Waals surface area contributed by atoms with Gasteiger partial charge in [-0.1, -0.05) is 30.6 Å². The van der Waals surface area contributed by atoms with Crippen LogP contribution in [0.5, 0.6) is 5.75 Å². The number of hydrogen-bond acceptors (Lipinski definition) is 6. The molecule has 1 fully saturated rings. The fourth-order valence-corrected chi connectivity index (χ4v) is 3.59. The maximum Gasteiger partial charge on any atom is 0.315 e. The number of hydrogen-bond donors (Lipinski definition) is 3. The van der Waals surface area contributed by atoms with Crippen molar-refractivity contribution in [2.75, 3.05) is 12.4 Å². The van der Waals surface area contributed by atoms with Crippen LogP contribution in [-0.2, 0) is 6.54 Å². The summed E-state index contributed by atoms with van der Waals surface area (Å²) < 4.78 is 5.08. The van der Waals surface area contributed by atoms with Crippen molar-refractivity contribution in [3.8, 4) is 5.75 Å². The second-order valence-electron chi connectivity index (χ2n) is 6.35. The highest BCUT2D eigenvalue weighted by molar-refractivity contribution is 7.13. The average Bonchev–Trinajstić information content (AvgIpc) is 3.17. The van der Waals surface area contributed by atoms with Crippen molar-refractivity contribution in [1.29, 1.82) is 0 Å². The first kappa shape index (κ1) is 19.1. The fourth-order valence-electron chi connectivity index (χ4n) is 2.91. The van der Waals surface area contributed by atoms with E-state index >= 15 is 0 Å². The minimum atomic E-state index is -0.337. The molecule has 2 aromatic rings. The first-order valence-electron chi connectivity index (χ1n) is 8.96. The molecule has 3 rings (SSSR count). The highest BCUT2D eigenvalue weighted by Crippen LogP contribution is 2.18. The lowest BCUT2D eigenvalue weighted by Crippen LogP contribution is -2.42. The number of methoxy groups -OCH3 is 1. The van der Waals surface area contributed by atoms with Gasteiger partial charge in [0.1, 0.15) is 10.8 Å². The van der Waals surface area contributed by atoms with Crippen LogP contribution in [0.15, 0.2) is 24.3 Å². The van der Waals surface area contributed by atoms with Gasteiger partial charge in [-0.25, -0.2) is 4.79 Å². The number of aromatic nitrogens is 2. The van der Waals surface area contributed by atoms with Crippen LogP contribution >= 0.6 is 11.3 Å². The SMILES string of the molecule is COc1ccc(NC(=O)c2nnc(CNC(=O)NC3CCCCC3)s2)cc1. The van der Waals surface area contributed by atoms with Crippen molar-refractivity contribution in [3.05, 3.63) is 34.3 Å². The summed E-state index contributed by atoms with van der Waals surface area (Å²) in [6, 6.07) is 7.05. The Morgan fingerprint density at radius 1 is 1.15 bits per heavy atom. The maximum absolute atomic E-state index is 12.2. The molecule has 8 nitrogen and oxygen atoms in total. The van der Waals surface area contributed by atoms with Gasteiger partial charge in [0.15, 0.2) is 0 Å². The molecule has 0 aliphatic heterocycles. The van der Waals surface area contributed by atoms with Crippen LogP contribution in [-0.4, -0.2) is 35.3 Å². The zero-order valence-electron chi connectivity index (χ0n) is 15.2. The molecule has 1 heterocycles. The van der Waals surface area contributed by atoms with Crippen LogP contribution < -0.4 is 20.7 Å². The number of nitrogens with one attached hydrogen (secondary N) is 3. The third-order valence-corrected chi connectivity index (χ3v) is 5.27. The Kier molecular flexibility index (Phi) is 6.59. The number of ether oxygens (including phenoxy) is 1. The minimum Gasteiger partial charge on any atom is -0.497 e. The lowest BCUT2D eigenvalue weighted by atomic mass is 9.96. The molecule has 144 valence electrons. The molecule has 1 aromatic carbocycles. The molecular formula is C18H23N5O3S. The number of rotatable bonds is 6. The smallest absolute Gasteiger partial charge is 0.315 e. The fraction of sp³-hybridized carbons (Fsp3) is 0.444. The van der Waals surface area contributed by atoms with Crippen LogP contribution in [0.25, 0.3) is 0 Å². The van der Waals surface area contributed by atoms with E-state index in [1.807, 2.05) is 0 Å². The van der Waals surface area contributed by atoms with Crippen molar-refractivity contribution in [3.63, 3.8) is 0 Å². The molecule has 1 aliphatic rings. The first-order valence-corrected chi connectivity index (χ1v) is 9.78. The molecule has 3 amide bonds. The standard InChI is InChI=1S/C18H23N5O3S/c1-26-14-9-7-13(8-10-14)20-16(24)17-23-22-15(27-17)11-19-18(25)21-12-5-3-2-4-6-12/h7-10,12H,2-6,11H2,1H3,(H,20,24)(H2,19,21,25). The molecule has 0 spiro atoms. The molecule has 0 unspecified atom stereocenters. The third-order valence-electron chi connectivity index (χ3n) is 4.35. The van der Waals surface area contributed by atoms with Crippen LogP contribution in [0.2, 0.25) is 0 Å². The average molecular weight is 389 g/mol. The molecule has 0 saturated heterocycles. The van der Waals surface area contributed by atoms with Crippen LogP contribution in [0.4, 0.5) is 10.5 Å². The topological polar surface area (TPSA) is 105 Å². The third kappa shape index (κ3) is 5.65. The van der Waals surface area contributed by atoms with Gasteiger partial charge in [-0.2, -0.15) is 0 Å². The van der Waals surface area contributed by atoms with Gasteiger partial charge >= 0.3 is 6.03 Å². The highest BCUT2D eigenvalue weighted by Gasteiger charge is 2.17. The second-order valence-corrected chi connectivity index (χ2v) is 7.41. The first-order chi connectivity index (χ1) is 13.1. The van der Waals surface area contributed by atoms with Crippen molar-refractivity contribution in [2.24, 2.45) is 0 Å². The van der Waals surface area contributed by atoms with Crippen molar-refractivity contribution < 1.29 is 14.3 Å². The monoisotopic (exact) mass is 389 g/mol. The van der Waals surface area contributed by atoms with Gasteiger partial charge in [-0.05, 0) is 37.1 Å². The predicted molar refractivity (Wildman–Crippen MR) is 103 cm³/mol. The molecular weight excluding hydrogens is 366 g/mol. The van der Waals surface area contributed by atoms with E-state index in [1.165, 1.54) is 6.42 Å². The Morgan fingerprint density at radius 2 is 1.89 bits per heavy atom. The van der Waals surface area contributed by atoms with Gasteiger partial charge in [0.2, 0.25) is 5.01 Å².